The van der Waals surface area contributed by atoms with E-state index < -0.39 is 0 Å². The SMILES string of the molecule is Cc1[nH]cnc1CSCCn1ccnc1-c1nccn1C. The number of thioether (sulfide) groups is 1. The van der Waals surface area contributed by atoms with Crippen molar-refractivity contribution in [2.24, 2.45) is 7.05 Å². The third-order valence-electron chi connectivity index (χ3n) is 3.39. The van der Waals surface area contributed by atoms with Gasteiger partial charge in [0, 0.05) is 55.6 Å². The number of hydrogen-bond acceptors (Lipinski definition) is 4. The molecule has 0 amide bonds. The van der Waals surface area contributed by atoms with Crippen molar-refractivity contribution in [1.82, 2.24) is 29.1 Å². The summed E-state index contributed by atoms with van der Waals surface area (Å²) >= 11 is 1.88. The van der Waals surface area contributed by atoms with Crippen LogP contribution in [0.3, 0.4) is 0 Å². The zero-order chi connectivity index (χ0) is 14.7. The number of aromatic nitrogens is 6. The Morgan fingerprint density at radius 1 is 1.14 bits per heavy atom. The second-order valence-corrected chi connectivity index (χ2v) is 5.94. The van der Waals surface area contributed by atoms with Crippen LogP contribution in [0.15, 0.2) is 31.1 Å². The second kappa shape index (κ2) is 6.17. The molecule has 0 spiro atoms. The monoisotopic (exact) mass is 302 g/mol. The molecule has 0 aliphatic rings. The fourth-order valence-corrected chi connectivity index (χ4v) is 3.10. The summed E-state index contributed by atoms with van der Waals surface area (Å²) in [5, 5.41) is 0. The van der Waals surface area contributed by atoms with Crippen molar-refractivity contribution in [2.75, 3.05) is 5.75 Å². The van der Waals surface area contributed by atoms with Crippen LogP contribution in [0.5, 0.6) is 0 Å². The zero-order valence-corrected chi connectivity index (χ0v) is 13.0. The summed E-state index contributed by atoms with van der Waals surface area (Å²) in [7, 11) is 1.98. The normalized spacial score (nSPS) is 11.1. The average Bonchev–Trinajstić information content (AvgIpc) is 3.17. The molecule has 6 nitrogen and oxygen atoms in total. The average molecular weight is 302 g/mol. The van der Waals surface area contributed by atoms with Crippen molar-refractivity contribution in [2.45, 2.75) is 19.2 Å². The van der Waals surface area contributed by atoms with E-state index in [9.17, 15) is 0 Å². The standard InChI is InChI=1S/C14H18N6S/c1-11-12(18-10-17-11)9-21-8-7-20-6-4-16-14(20)13-15-3-5-19(13)2/h3-6,10H,7-9H2,1-2H3,(H,17,18). The van der Waals surface area contributed by atoms with E-state index in [-0.39, 0.29) is 0 Å². The van der Waals surface area contributed by atoms with Gasteiger partial charge in [0.2, 0.25) is 0 Å². The minimum atomic E-state index is 0.896. The van der Waals surface area contributed by atoms with Crippen molar-refractivity contribution < 1.29 is 0 Å². The van der Waals surface area contributed by atoms with Gasteiger partial charge in [0.15, 0.2) is 11.6 Å². The molecule has 1 N–H and O–H groups in total. The smallest absolute Gasteiger partial charge is 0.176 e. The highest BCUT2D eigenvalue weighted by Gasteiger charge is 2.10. The summed E-state index contributed by atoms with van der Waals surface area (Å²) in [6.45, 7) is 2.97. The summed E-state index contributed by atoms with van der Waals surface area (Å²) < 4.78 is 4.13. The molecule has 0 aromatic carbocycles. The third-order valence-corrected chi connectivity index (χ3v) is 4.34. The molecule has 3 rings (SSSR count). The molecule has 0 atom stereocenters. The number of hydrogen-bond donors (Lipinski definition) is 1. The quantitative estimate of drug-likeness (QED) is 0.709. The fraction of sp³-hybridized carbons (Fsp3) is 0.357. The first-order chi connectivity index (χ1) is 10.3. The highest BCUT2D eigenvalue weighted by Crippen LogP contribution is 2.17. The molecule has 3 aromatic rings. The molecule has 3 heterocycles. The van der Waals surface area contributed by atoms with Crippen molar-refractivity contribution in [3.05, 3.63) is 42.5 Å². The van der Waals surface area contributed by atoms with Gasteiger partial charge in [-0.1, -0.05) is 0 Å². The van der Waals surface area contributed by atoms with Crippen molar-refractivity contribution >= 4 is 11.8 Å². The second-order valence-electron chi connectivity index (χ2n) is 4.83. The van der Waals surface area contributed by atoms with Gasteiger partial charge in [-0.05, 0) is 6.92 Å². The topological polar surface area (TPSA) is 64.3 Å². The van der Waals surface area contributed by atoms with E-state index in [0.29, 0.717) is 0 Å². The van der Waals surface area contributed by atoms with Crippen LogP contribution < -0.4 is 0 Å². The minimum absolute atomic E-state index is 0.896. The van der Waals surface area contributed by atoms with Gasteiger partial charge in [-0.25, -0.2) is 15.0 Å². The molecule has 110 valence electrons. The van der Waals surface area contributed by atoms with Crippen molar-refractivity contribution in [3.63, 3.8) is 0 Å². The van der Waals surface area contributed by atoms with Gasteiger partial charge in [0.1, 0.15) is 0 Å². The van der Waals surface area contributed by atoms with Crippen LogP contribution in [-0.4, -0.2) is 34.8 Å². The Labute approximate surface area is 127 Å². The Bertz CT molecular complexity index is 710. The van der Waals surface area contributed by atoms with Crippen LogP contribution in [0, 0.1) is 6.92 Å². The lowest BCUT2D eigenvalue weighted by atomic mass is 10.4. The van der Waals surface area contributed by atoms with Crippen LogP contribution in [0.25, 0.3) is 11.6 Å². The van der Waals surface area contributed by atoms with Gasteiger partial charge in [-0.2, -0.15) is 11.8 Å². The zero-order valence-electron chi connectivity index (χ0n) is 12.2. The number of nitrogens with one attached hydrogen (secondary N) is 1. The Balaban J connectivity index is 1.58. The Kier molecular flexibility index (Phi) is 4.10. The third kappa shape index (κ3) is 3.02. The fourth-order valence-electron chi connectivity index (χ4n) is 2.14. The maximum Gasteiger partial charge on any atom is 0.176 e. The van der Waals surface area contributed by atoms with Gasteiger partial charge in [-0.15, -0.1) is 0 Å². The van der Waals surface area contributed by atoms with Crippen molar-refractivity contribution in [1.29, 1.82) is 0 Å². The lowest BCUT2D eigenvalue weighted by molar-refractivity contribution is 0.763. The van der Waals surface area contributed by atoms with Crippen LogP contribution >= 0.6 is 11.8 Å². The Morgan fingerprint density at radius 3 is 2.67 bits per heavy atom. The molecule has 0 aliphatic heterocycles. The van der Waals surface area contributed by atoms with Gasteiger partial charge < -0.3 is 14.1 Å². The number of rotatable bonds is 6. The molecule has 0 saturated carbocycles. The first-order valence-electron chi connectivity index (χ1n) is 6.81. The minimum Gasteiger partial charge on any atom is -0.348 e. The van der Waals surface area contributed by atoms with E-state index in [1.54, 1.807) is 12.5 Å². The van der Waals surface area contributed by atoms with Gasteiger partial charge in [0.05, 0.1) is 12.0 Å². The van der Waals surface area contributed by atoms with E-state index >= 15 is 0 Å². The van der Waals surface area contributed by atoms with Gasteiger partial charge >= 0.3 is 0 Å². The highest BCUT2D eigenvalue weighted by molar-refractivity contribution is 7.98. The summed E-state index contributed by atoms with van der Waals surface area (Å²) in [5.41, 5.74) is 2.29. The molecule has 0 saturated heterocycles. The van der Waals surface area contributed by atoms with Crippen LogP contribution in [0.2, 0.25) is 0 Å². The number of aryl methyl sites for hydroxylation is 3. The maximum absolute atomic E-state index is 4.42. The van der Waals surface area contributed by atoms with E-state index in [1.165, 1.54) is 0 Å². The molecule has 0 radical (unpaired) electrons. The predicted octanol–water partition coefficient (Wildman–Crippen LogP) is 2.25. The molecule has 21 heavy (non-hydrogen) atoms. The Morgan fingerprint density at radius 2 is 1.95 bits per heavy atom. The predicted molar refractivity (Wildman–Crippen MR) is 83.9 cm³/mol. The van der Waals surface area contributed by atoms with Gasteiger partial charge in [-0.3, -0.25) is 0 Å². The maximum atomic E-state index is 4.42. The molecule has 0 fully saturated rings. The van der Waals surface area contributed by atoms with E-state index in [1.807, 2.05) is 42.0 Å². The molecular formula is C14H18N6S. The number of H-pyrrole nitrogens is 1. The highest BCUT2D eigenvalue weighted by atomic mass is 32.2. The molecule has 0 aliphatic carbocycles. The van der Waals surface area contributed by atoms with Crippen molar-refractivity contribution in [3.8, 4) is 11.6 Å². The molecule has 0 bridgehead atoms. The van der Waals surface area contributed by atoms with Crippen LogP contribution in [-0.2, 0) is 19.3 Å². The molecule has 7 heteroatoms. The Hall–Kier alpha value is -2.02. The molecular weight excluding hydrogens is 284 g/mol. The van der Waals surface area contributed by atoms with Crippen LogP contribution in [0.4, 0.5) is 0 Å². The lowest BCUT2D eigenvalue weighted by Crippen LogP contribution is -2.05. The summed E-state index contributed by atoms with van der Waals surface area (Å²) in [4.78, 5) is 16.2. The van der Waals surface area contributed by atoms with E-state index in [4.69, 9.17) is 0 Å². The van der Waals surface area contributed by atoms with Gasteiger partial charge in [0.25, 0.3) is 0 Å². The summed E-state index contributed by atoms with van der Waals surface area (Å²) in [6.07, 6.45) is 9.31. The van der Waals surface area contributed by atoms with E-state index in [0.717, 1.165) is 41.1 Å². The lowest BCUT2D eigenvalue weighted by Gasteiger charge is -2.07. The first kappa shape index (κ1) is 13.9. The summed E-state index contributed by atoms with van der Waals surface area (Å²) in [6, 6.07) is 0. The first-order valence-corrected chi connectivity index (χ1v) is 7.96. The molecule has 0 unspecified atom stereocenters. The number of nitrogens with zero attached hydrogens (tertiary/aromatic N) is 5. The summed E-state index contributed by atoms with van der Waals surface area (Å²) in [5.74, 6) is 3.76. The van der Waals surface area contributed by atoms with E-state index in [2.05, 4.69) is 31.4 Å². The number of imidazole rings is 3. The molecule has 3 aromatic heterocycles. The number of aromatic amines is 1. The van der Waals surface area contributed by atoms with Crippen LogP contribution in [0.1, 0.15) is 11.4 Å². The largest absolute Gasteiger partial charge is 0.348 e.